The molecule has 5 nitrogen and oxygen atoms in total. The third kappa shape index (κ3) is 5.64. The minimum absolute atomic E-state index is 0.141. The molecule has 0 aromatic heterocycles. The lowest BCUT2D eigenvalue weighted by Crippen LogP contribution is -2.30. The van der Waals surface area contributed by atoms with Crippen molar-refractivity contribution in [2.45, 2.75) is 26.3 Å². The van der Waals surface area contributed by atoms with E-state index in [0.717, 1.165) is 36.8 Å². The van der Waals surface area contributed by atoms with Crippen LogP contribution in [-0.2, 0) is 6.42 Å². The van der Waals surface area contributed by atoms with Gasteiger partial charge in [-0.25, -0.2) is 0 Å². The van der Waals surface area contributed by atoms with E-state index in [1.807, 2.05) is 6.07 Å². The Morgan fingerprint density at radius 3 is 2.62 bits per heavy atom. The minimum atomic E-state index is 0.141. The fourth-order valence-corrected chi connectivity index (χ4v) is 3.51. The number of ether oxygens (including phenoxy) is 3. The Labute approximate surface area is 175 Å². The lowest BCUT2D eigenvalue weighted by molar-refractivity contribution is 0.256. The van der Waals surface area contributed by atoms with Gasteiger partial charge in [-0.3, -0.25) is 0 Å². The summed E-state index contributed by atoms with van der Waals surface area (Å²) in [4.78, 5) is 2.13. The number of benzene rings is 2. The second kappa shape index (κ2) is 9.99. The van der Waals surface area contributed by atoms with Crippen LogP contribution < -0.4 is 19.5 Å². The molecule has 0 spiro atoms. The van der Waals surface area contributed by atoms with Gasteiger partial charge in [0.2, 0.25) is 0 Å². The van der Waals surface area contributed by atoms with Gasteiger partial charge in [-0.05, 0) is 67.4 Å². The lowest BCUT2D eigenvalue weighted by atomic mass is 9.89. The lowest BCUT2D eigenvalue weighted by Gasteiger charge is -2.28. The number of hydrogen-bond acceptors (Lipinski definition) is 5. The van der Waals surface area contributed by atoms with E-state index in [1.165, 1.54) is 16.7 Å². The summed E-state index contributed by atoms with van der Waals surface area (Å²) >= 11 is 0. The minimum Gasteiger partial charge on any atom is -0.493 e. The van der Waals surface area contributed by atoms with E-state index in [0.29, 0.717) is 19.1 Å². The molecule has 1 N–H and O–H groups in total. The van der Waals surface area contributed by atoms with Gasteiger partial charge in [0.1, 0.15) is 12.4 Å². The predicted octanol–water partition coefficient (Wildman–Crippen LogP) is 3.91. The molecule has 0 bridgehead atoms. The molecule has 0 amide bonds. The van der Waals surface area contributed by atoms with E-state index < -0.39 is 0 Å². The van der Waals surface area contributed by atoms with Crippen molar-refractivity contribution in [3.05, 3.63) is 53.1 Å². The first kappa shape index (κ1) is 21.5. The van der Waals surface area contributed by atoms with Crippen LogP contribution in [0.2, 0.25) is 0 Å². The highest BCUT2D eigenvalue weighted by Crippen LogP contribution is 2.36. The Hall–Kier alpha value is -2.24. The van der Waals surface area contributed by atoms with Gasteiger partial charge in [0.25, 0.3) is 0 Å². The SMILES string of the molecule is COc1cc(C2NCCc3cc(OCCN(C)C)ccc32)ccc1OCC(C)C. The third-order valence-electron chi connectivity index (χ3n) is 5.07. The van der Waals surface area contributed by atoms with Gasteiger partial charge in [0, 0.05) is 13.1 Å². The quantitative estimate of drug-likeness (QED) is 0.694. The first-order chi connectivity index (χ1) is 14.0. The van der Waals surface area contributed by atoms with Crippen molar-refractivity contribution in [3.63, 3.8) is 0 Å². The van der Waals surface area contributed by atoms with Crippen molar-refractivity contribution in [1.29, 1.82) is 0 Å². The van der Waals surface area contributed by atoms with Crippen molar-refractivity contribution < 1.29 is 14.2 Å². The second-order valence-corrected chi connectivity index (χ2v) is 8.26. The molecule has 158 valence electrons. The smallest absolute Gasteiger partial charge is 0.161 e. The van der Waals surface area contributed by atoms with E-state index in [2.05, 4.69) is 68.5 Å². The van der Waals surface area contributed by atoms with Crippen LogP contribution in [0.3, 0.4) is 0 Å². The van der Waals surface area contributed by atoms with E-state index in [4.69, 9.17) is 14.2 Å². The molecule has 29 heavy (non-hydrogen) atoms. The molecular formula is C24H34N2O3. The maximum atomic E-state index is 5.92. The summed E-state index contributed by atoms with van der Waals surface area (Å²) in [5.41, 5.74) is 3.82. The average Bonchev–Trinajstić information content (AvgIpc) is 2.71. The number of likely N-dealkylation sites (N-methyl/N-ethyl adjacent to an activating group) is 1. The Kier molecular flexibility index (Phi) is 7.40. The molecule has 5 heteroatoms. The first-order valence-electron chi connectivity index (χ1n) is 10.4. The highest BCUT2D eigenvalue weighted by Gasteiger charge is 2.23. The summed E-state index contributed by atoms with van der Waals surface area (Å²) < 4.78 is 17.4. The zero-order valence-corrected chi connectivity index (χ0v) is 18.3. The van der Waals surface area contributed by atoms with Gasteiger partial charge in [0.05, 0.1) is 19.8 Å². The van der Waals surface area contributed by atoms with Crippen molar-refractivity contribution in [2.75, 3.05) is 47.5 Å². The maximum absolute atomic E-state index is 5.92. The average molecular weight is 399 g/mol. The number of nitrogens with one attached hydrogen (secondary N) is 1. The summed E-state index contributed by atoms with van der Waals surface area (Å²) in [5, 5.41) is 3.65. The third-order valence-corrected chi connectivity index (χ3v) is 5.07. The number of nitrogens with zero attached hydrogens (tertiary/aromatic N) is 1. The van der Waals surface area contributed by atoms with Crippen molar-refractivity contribution in [1.82, 2.24) is 10.2 Å². The Balaban J connectivity index is 1.79. The molecule has 1 heterocycles. The molecule has 0 fully saturated rings. The Bertz CT molecular complexity index is 805. The van der Waals surface area contributed by atoms with Crippen molar-refractivity contribution in [3.8, 4) is 17.2 Å². The van der Waals surface area contributed by atoms with E-state index in [1.54, 1.807) is 7.11 Å². The summed E-state index contributed by atoms with van der Waals surface area (Å²) in [5.74, 6) is 2.99. The van der Waals surface area contributed by atoms with Gasteiger partial charge >= 0.3 is 0 Å². The molecule has 0 saturated carbocycles. The molecule has 0 aliphatic carbocycles. The molecular weight excluding hydrogens is 364 g/mol. The summed E-state index contributed by atoms with van der Waals surface area (Å²) in [6, 6.07) is 12.8. The van der Waals surface area contributed by atoms with Gasteiger partial charge in [-0.1, -0.05) is 26.0 Å². The van der Waals surface area contributed by atoms with Gasteiger partial charge in [0.15, 0.2) is 11.5 Å². The normalized spacial score (nSPS) is 16.0. The van der Waals surface area contributed by atoms with Crippen LogP contribution in [0.5, 0.6) is 17.2 Å². The first-order valence-corrected chi connectivity index (χ1v) is 10.4. The molecule has 1 atom stereocenters. The molecule has 2 aromatic rings. The van der Waals surface area contributed by atoms with Crippen LogP contribution >= 0.6 is 0 Å². The molecule has 0 radical (unpaired) electrons. The van der Waals surface area contributed by atoms with Crippen molar-refractivity contribution in [2.24, 2.45) is 5.92 Å². The standard InChI is InChI=1S/C24H34N2O3/c1-17(2)16-29-22-9-6-19(15-23(22)27-5)24-21-8-7-20(28-13-12-26(3)4)14-18(21)10-11-25-24/h6-9,14-15,17,24-25H,10-13,16H2,1-5H3. The van der Waals surface area contributed by atoms with E-state index in [-0.39, 0.29) is 6.04 Å². The zero-order valence-electron chi connectivity index (χ0n) is 18.3. The Morgan fingerprint density at radius 1 is 1.07 bits per heavy atom. The zero-order chi connectivity index (χ0) is 20.8. The predicted molar refractivity (Wildman–Crippen MR) is 117 cm³/mol. The molecule has 1 aliphatic rings. The van der Waals surface area contributed by atoms with Crippen molar-refractivity contribution >= 4 is 0 Å². The van der Waals surface area contributed by atoms with E-state index in [9.17, 15) is 0 Å². The van der Waals surface area contributed by atoms with Crippen LogP contribution in [0, 0.1) is 5.92 Å². The van der Waals surface area contributed by atoms with Gasteiger partial charge in [-0.15, -0.1) is 0 Å². The second-order valence-electron chi connectivity index (χ2n) is 8.26. The molecule has 1 aliphatic heterocycles. The highest BCUT2D eigenvalue weighted by atomic mass is 16.5. The number of hydrogen-bond donors (Lipinski definition) is 1. The van der Waals surface area contributed by atoms with Gasteiger partial charge < -0.3 is 24.4 Å². The highest BCUT2D eigenvalue weighted by molar-refractivity contribution is 5.49. The molecule has 3 rings (SSSR count). The van der Waals surface area contributed by atoms with Crippen LogP contribution in [0.25, 0.3) is 0 Å². The molecule has 1 unspecified atom stereocenters. The number of methoxy groups -OCH3 is 1. The van der Waals surface area contributed by atoms with E-state index >= 15 is 0 Å². The summed E-state index contributed by atoms with van der Waals surface area (Å²) in [7, 11) is 5.81. The fraction of sp³-hybridized carbons (Fsp3) is 0.500. The number of fused-ring (bicyclic) bond motifs is 1. The topological polar surface area (TPSA) is 43.0 Å². The van der Waals surface area contributed by atoms with Gasteiger partial charge in [-0.2, -0.15) is 0 Å². The largest absolute Gasteiger partial charge is 0.493 e. The molecule has 0 saturated heterocycles. The maximum Gasteiger partial charge on any atom is 0.161 e. The van der Waals surface area contributed by atoms with Crippen LogP contribution in [-0.4, -0.2) is 52.4 Å². The monoisotopic (exact) mass is 398 g/mol. The number of rotatable bonds is 9. The van der Waals surface area contributed by atoms with Crippen LogP contribution in [0.4, 0.5) is 0 Å². The van der Waals surface area contributed by atoms with Crippen LogP contribution in [0.1, 0.15) is 36.6 Å². The fourth-order valence-electron chi connectivity index (χ4n) is 3.51. The Morgan fingerprint density at radius 2 is 1.90 bits per heavy atom. The van der Waals surface area contributed by atoms with Crippen LogP contribution in [0.15, 0.2) is 36.4 Å². The molecule has 2 aromatic carbocycles. The summed E-state index contributed by atoms with van der Waals surface area (Å²) in [6.45, 7) is 7.50. The summed E-state index contributed by atoms with van der Waals surface area (Å²) in [6.07, 6.45) is 1.00.